The summed E-state index contributed by atoms with van der Waals surface area (Å²) in [5, 5.41) is 17.1. The van der Waals surface area contributed by atoms with Crippen LogP contribution in [0.3, 0.4) is 0 Å². The average Bonchev–Trinajstić information content (AvgIpc) is 3.27. The maximum atomic E-state index is 13.5. The van der Waals surface area contributed by atoms with Crippen molar-refractivity contribution in [3.8, 4) is 5.69 Å². The second kappa shape index (κ2) is 12.8. The Morgan fingerprint density at radius 3 is 2.05 bits per heavy atom. The third-order valence-electron chi connectivity index (χ3n) is 5.59. The van der Waals surface area contributed by atoms with E-state index in [1.807, 2.05) is 0 Å². The number of ether oxygens (including phenoxy) is 2. The van der Waals surface area contributed by atoms with E-state index in [-0.39, 0.29) is 51.2 Å². The molecule has 0 spiro atoms. The van der Waals surface area contributed by atoms with E-state index in [0.29, 0.717) is 5.69 Å². The lowest BCUT2D eigenvalue weighted by Crippen LogP contribution is -2.17. The van der Waals surface area contributed by atoms with Gasteiger partial charge in [0, 0.05) is 11.6 Å². The van der Waals surface area contributed by atoms with E-state index in [1.165, 1.54) is 41.1 Å². The van der Waals surface area contributed by atoms with Gasteiger partial charge in [0.15, 0.2) is 0 Å². The molecule has 0 aliphatic heterocycles. The number of carbonyl (C=O) groups excluding carboxylic acids is 3. The summed E-state index contributed by atoms with van der Waals surface area (Å²) in [5.41, 5.74) is -0.519. The molecule has 0 unspecified atom stereocenters. The van der Waals surface area contributed by atoms with Crippen molar-refractivity contribution < 1.29 is 28.8 Å². The number of nitrogens with one attached hydrogen (secondary N) is 2. The highest BCUT2D eigenvalue weighted by atomic mass is 32.2. The van der Waals surface area contributed by atoms with Crippen molar-refractivity contribution >= 4 is 41.1 Å². The minimum atomic E-state index is -0.771. The summed E-state index contributed by atoms with van der Waals surface area (Å²) < 4.78 is 11.2. The zero-order valence-corrected chi connectivity index (χ0v) is 22.7. The highest BCUT2D eigenvalue weighted by Gasteiger charge is 2.24. The number of amides is 1. The normalized spacial score (nSPS) is 10.6. The molecule has 2 N–H and O–H groups in total. The summed E-state index contributed by atoms with van der Waals surface area (Å²) >= 11 is 0.809. The molecule has 1 heterocycles. The first kappa shape index (κ1) is 28.8. The maximum Gasteiger partial charge on any atom is 0.338 e. The summed E-state index contributed by atoms with van der Waals surface area (Å²) in [7, 11) is 0. The van der Waals surface area contributed by atoms with Gasteiger partial charge in [-0.2, -0.15) is 0 Å². The van der Waals surface area contributed by atoms with E-state index < -0.39 is 28.3 Å². The first-order chi connectivity index (χ1) is 19.7. The number of nitro groups is 1. The van der Waals surface area contributed by atoms with E-state index in [9.17, 15) is 29.3 Å². The van der Waals surface area contributed by atoms with Crippen molar-refractivity contribution in [1.82, 2.24) is 9.78 Å². The summed E-state index contributed by atoms with van der Waals surface area (Å²) in [6.45, 7) is 3.38. The van der Waals surface area contributed by atoms with Gasteiger partial charge in [-0.05, 0) is 50.2 Å². The van der Waals surface area contributed by atoms with E-state index in [2.05, 4.69) is 10.4 Å². The number of para-hydroxylation sites is 2. The summed E-state index contributed by atoms with van der Waals surface area (Å²) in [4.78, 5) is 63.0. The van der Waals surface area contributed by atoms with Gasteiger partial charge in [0.1, 0.15) is 10.7 Å². The average molecular weight is 577 g/mol. The second-order valence-corrected chi connectivity index (χ2v) is 9.37. The molecule has 0 bridgehead atoms. The Morgan fingerprint density at radius 2 is 1.46 bits per heavy atom. The van der Waals surface area contributed by atoms with E-state index >= 15 is 0 Å². The number of nitro benzene ring substituents is 1. The third-order valence-corrected chi connectivity index (χ3v) is 6.74. The van der Waals surface area contributed by atoms with Crippen LogP contribution in [0.2, 0.25) is 0 Å². The van der Waals surface area contributed by atoms with Crippen LogP contribution in [-0.2, 0) is 9.47 Å². The van der Waals surface area contributed by atoms with Crippen LogP contribution in [0.15, 0.2) is 87.4 Å². The van der Waals surface area contributed by atoms with Crippen molar-refractivity contribution in [3.05, 3.63) is 110 Å². The van der Waals surface area contributed by atoms with E-state index in [4.69, 9.17) is 9.47 Å². The molecule has 1 amide bonds. The number of aromatic nitrogens is 2. The van der Waals surface area contributed by atoms with Crippen LogP contribution < -0.4 is 10.9 Å². The largest absolute Gasteiger partial charge is 0.462 e. The molecule has 0 saturated heterocycles. The zero-order valence-electron chi connectivity index (χ0n) is 21.9. The first-order valence-corrected chi connectivity index (χ1v) is 13.2. The van der Waals surface area contributed by atoms with Crippen molar-refractivity contribution in [2.75, 3.05) is 18.5 Å². The highest BCUT2D eigenvalue weighted by Crippen LogP contribution is 2.36. The summed E-state index contributed by atoms with van der Waals surface area (Å²) in [6, 6.07) is 18.2. The number of benzene rings is 3. The molecule has 41 heavy (non-hydrogen) atoms. The third kappa shape index (κ3) is 6.53. The lowest BCUT2D eigenvalue weighted by Gasteiger charge is -2.10. The van der Waals surface area contributed by atoms with Gasteiger partial charge in [-0.1, -0.05) is 42.1 Å². The molecule has 4 aromatic rings. The summed E-state index contributed by atoms with van der Waals surface area (Å²) in [6.07, 6.45) is 0. The number of aromatic amines is 1. The number of hydrogen-bond acceptors (Lipinski definition) is 9. The Labute approximate surface area is 237 Å². The molecular weight excluding hydrogens is 552 g/mol. The number of H-pyrrole nitrogens is 1. The molecule has 0 aliphatic carbocycles. The molecule has 0 fully saturated rings. The zero-order chi connectivity index (χ0) is 29.5. The van der Waals surface area contributed by atoms with Crippen molar-refractivity contribution in [1.29, 1.82) is 0 Å². The minimum Gasteiger partial charge on any atom is -0.462 e. The number of esters is 2. The van der Waals surface area contributed by atoms with Crippen molar-refractivity contribution in [2.45, 2.75) is 23.6 Å². The molecule has 0 radical (unpaired) electrons. The number of carbonyl (C=O) groups is 3. The molecule has 0 atom stereocenters. The summed E-state index contributed by atoms with van der Waals surface area (Å²) in [5.74, 6) is -2.31. The number of rotatable bonds is 10. The van der Waals surface area contributed by atoms with Gasteiger partial charge in [-0.25, -0.2) is 14.3 Å². The van der Waals surface area contributed by atoms with Crippen LogP contribution in [-0.4, -0.2) is 45.8 Å². The Morgan fingerprint density at radius 1 is 0.902 bits per heavy atom. The van der Waals surface area contributed by atoms with Gasteiger partial charge < -0.3 is 14.8 Å². The Hall–Kier alpha value is -5.17. The molecule has 13 heteroatoms. The maximum absolute atomic E-state index is 13.5. The molecule has 3 aromatic carbocycles. The number of nitrogens with zero attached hydrogens (tertiary/aromatic N) is 2. The predicted octanol–water partition coefficient (Wildman–Crippen LogP) is 4.83. The van der Waals surface area contributed by atoms with Crippen LogP contribution in [0.1, 0.15) is 44.9 Å². The Kier molecular flexibility index (Phi) is 8.99. The molecule has 12 nitrogen and oxygen atoms in total. The lowest BCUT2D eigenvalue weighted by molar-refractivity contribution is -0.387. The SMILES string of the molecule is CCOC(=O)c1cc(C(=O)Nc2[nH]n(-c3ccccc3)c(=O)c2Sc2ccccc2[N+](=O)[O-])cc(C(=O)OCC)c1. The molecule has 1 aromatic heterocycles. The van der Waals surface area contributed by atoms with Crippen molar-refractivity contribution in [2.24, 2.45) is 0 Å². The second-order valence-electron chi connectivity index (χ2n) is 8.31. The lowest BCUT2D eigenvalue weighted by atomic mass is 10.0. The van der Waals surface area contributed by atoms with Crippen LogP contribution in [0.25, 0.3) is 5.69 Å². The van der Waals surface area contributed by atoms with Crippen molar-refractivity contribution in [3.63, 3.8) is 0 Å². The standard InChI is InChI=1S/C28H24N4O8S/c1-3-39-27(35)18-14-17(15-19(16-18)28(36)40-4-2)25(33)29-24-23(41-22-13-9-8-12-21(22)32(37)38)26(34)31(30-24)20-10-6-5-7-11-20/h5-16,30H,3-4H2,1-2H3,(H,29,33). The van der Waals surface area contributed by atoms with Gasteiger partial charge in [0.25, 0.3) is 17.2 Å². The van der Waals surface area contributed by atoms with Crippen LogP contribution in [0, 0.1) is 10.1 Å². The van der Waals surface area contributed by atoms with Gasteiger partial charge in [0.2, 0.25) is 0 Å². The van der Waals surface area contributed by atoms with Crippen LogP contribution in [0.5, 0.6) is 0 Å². The number of hydrogen-bond donors (Lipinski definition) is 2. The fourth-order valence-corrected chi connectivity index (χ4v) is 4.76. The van der Waals surface area contributed by atoms with Crippen LogP contribution >= 0.6 is 11.8 Å². The quantitative estimate of drug-likeness (QED) is 0.153. The molecule has 0 aliphatic rings. The highest BCUT2D eigenvalue weighted by molar-refractivity contribution is 7.99. The predicted molar refractivity (Wildman–Crippen MR) is 150 cm³/mol. The van der Waals surface area contributed by atoms with Gasteiger partial charge in [-0.3, -0.25) is 24.8 Å². The first-order valence-electron chi connectivity index (χ1n) is 12.4. The van der Waals surface area contributed by atoms with Gasteiger partial charge in [0.05, 0.1) is 39.8 Å². The van der Waals surface area contributed by atoms with Gasteiger partial charge >= 0.3 is 11.9 Å². The minimum absolute atomic E-state index is 0.0244. The van der Waals surface area contributed by atoms with Gasteiger partial charge in [-0.15, -0.1) is 0 Å². The monoisotopic (exact) mass is 576 g/mol. The molecule has 4 rings (SSSR count). The smallest absolute Gasteiger partial charge is 0.338 e. The molecular formula is C28H24N4O8S. The Balaban J connectivity index is 1.79. The fourth-order valence-electron chi connectivity index (χ4n) is 3.77. The number of anilines is 1. The fraction of sp³-hybridized carbons (Fsp3) is 0.143. The van der Waals surface area contributed by atoms with E-state index in [0.717, 1.165) is 11.8 Å². The Bertz CT molecular complexity index is 1640. The topological polar surface area (TPSA) is 163 Å². The molecule has 0 saturated carbocycles. The van der Waals surface area contributed by atoms with Crippen LogP contribution in [0.4, 0.5) is 11.5 Å². The molecule has 210 valence electrons. The van der Waals surface area contributed by atoms with E-state index in [1.54, 1.807) is 50.2 Å².